The van der Waals surface area contributed by atoms with E-state index in [0.29, 0.717) is 18.4 Å². The summed E-state index contributed by atoms with van der Waals surface area (Å²) in [6.45, 7) is 4.08. The quantitative estimate of drug-likeness (QED) is 0.809. The van der Waals surface area contributed by atoms with Crippen LogP contribution in [0.5, 0.6) is 0 Å². The number of rotatable bonds is 6. The Bertz CT molecular complexity index is 365. The van der Waals surface area contributed by atoms with Crippen molar-refractivity contribution >= 4 is 5.91 Å². The predicted molar refractivity (Wildman–Crippen MR) is 67.2 cm³/mol. The van der Waals surface area contributed by atoms with Gasteiger partial charge in [-0.05, 0) is 31.4 Å². The second-order valence-corrected chi connectivity index (χ2v) is 4.35. The second-order valence-electron chi connectivity index (χ2n) is 4.35. The predicted octanol–water partition coefficient (Wildman–Crippen LogP) is 3.06. The Morgan fingerprint density at radius 3 is 2.76 bits per heavy atom. The maximum Gasteiger partial charge on any atom is 0.220 e. The topological polar surface area (TPSA) is 29.1 Å². The van der Waals surface area contributed by atoms with E-state index in [4.69, 9.17) is 0 Å². The van der Waals surface area contributed by atoms with Crippen LogP contribution in [0, 0.1) is 5.82 Å². The van der Waals surface area contributed by atoms with Crippen LogP contribution in [0.25, 0.3) is 0 Å². The normalized spacial score (nSPS) is 12.2. The third-order valence-corrected chi connectivity index (χ3v) is 2.71. The lowest BCUT2D eigenvalue weighted by Crippen LogP contribution is -2.32. The summed E-state index contributed by atoms with van der Waals surface area (Å²) in [7, 11) is 0. The molecule has 3 heteroatoms. The molecule has 17 heavy (non-hydrogen) atoms. The van der Waals surface area contributed by atoms with Crippen LogP contribution in [0.15, 0.2) is 24.3 Å². The van der Waals surface area contributed by atoms with Crippen molar-refractivity contribution in [3.8, 4) is 0 Å². The van der Waals surface area contributed by atoms with Gasteiger partial charge in [-0.15, -0.1) is 0 Å². The van der Waals surface area contributed by atoms with Crippen LogP contribution >= 0.6 is 0 Å². The first kappa shape index (κ1) is 13.7. The lowest BCUT2D eigenvalue weighted by Gasteiger charge is -2.12. The molecule has 0 fully saturated rings. The first-order valence-electron chi connectivity index (χ1n) is 6.16. The standard InChI is InChI=1S/C14H20FNO/c1-3-6-11(2)16-14(17)10-9-12-7-4-5-8-13(12)15/h4-5,7-8,11H,3,6,9-10H2,1-2H3,(H,16,17)/t11-/m1/s1. The number of halogens is 1. The zero-order chi connectivity index (χ0) is 12.7. The molecule has 0 saturated carbocycles. The van der Waals surface area contributed by atoms with Crippen LogP contribution in [-0.4, -0.2) is 11.9 Å². The van der Waals surface area contributed by atoms with Gasteiger partial charge in [0.05, 0.1) is 0 Å². The first-order valence-corrected chi connectivity index (χ1v) is 6.16. The lowest BCUT2D eigenvalue weighted by atomic mass is 10.1. The zero-order valence-electron chi connectivity index (χ0n) is 10.5. The van der Waals surface area contributed by atoms with Crippen molar-refractivity contribution in [3.05, 3.63) is 35.6 Å². The number of benzene rings is 1. The molecule has 1 rings (SSSR count). The van der Waals surface area contributed by atoms with Crippen LogP contribution in [0.3, 0.4) is 0 Å². The molecule has 0 spiro atoms. The molecular formula is C14H20FNO. The highest BCUT2D eigenvalue weighted by atomic mass is 19.1. The fourth-order valence-corrected chi connectivity index (χ4v) is 1.80. The van der Waals surface area contributed by atoms with E-state index in [1.807, 2.05) is 6.92 Å². The van der Waals surface area contributed by atoms with Crippen LogP contribution < -0.4 is 5.32 Å². The summed E-state index contributed by atoms with van der Waals surface area (Å²) in [4.78, 5) is 11.6. The number of hydrogen-bond donors (Lipinski definition) is 1. The molecule has 2 nitrogen and oxygen atoms in total. The number of carbonyl (C=O) groups excluding carboxylic acids is 1. The van der Waals surface area contributed by atoms with Crippen LogP contribution in [0.4, 0.5) is 4.39 Å². The minimum Gasteiger partial charge on any atom is -0.354 e. The molecule has 0 aliphatic rings. The average Bonchev–Trinajstić information content (AvgIpc) is 2.28. The van der Waals surface area contributed by atoms with Gasteiger partial charge in [0.1, 0.15) is 5.82 Å². The van der Waals surface area contributed by atoms with Gasteiger partial charge >= 0.3 is 0 Å². The Morgan fingerprint density at radius 1 is 1.41 bits per heavy atom. The van der Waals surface area contributed by atoms with Crippen LogP contribution in [0.1, 0.15) is 38.7 Å². The van der Waals surface area contributed by atoms with Gasteiger partial charge in [0.2, 0.25) is 5.91 Å². The first-order chi connectivity index (χ1) is 8.13. The molecule has 1 N–H and O–H groups in total. The molecule has 0 saturated heterocycles. The van der Waals surface area contributed by atoms with Gasteiger partial charge in [0.25, 0.3) is 0 Å². The highest BCUT2D eigenvalue weighted by Crippen LogP contribution is 2.08. The molecule has 0 aliphatic heterocycles. The molecule has 0 bridgehead atoms. The molecule has 0 radical (unpaired) electrons. The van der Waals surface area contributed by atoms with Crippen molar-refractivity contribution in [1.29, 1.82) is 0 Å². The van der Waals surface area contributed by atoms with Gasteiger partial charge in [-0.25, -0.2) is 4.39 Å². The van der Waals surface area contributed by atoms with E-state index < -0.39 is 0 Å². The van der Waals surface area contributed by atoms with Crippen molar-refractivity contribution < 1.29 is 9.18 Å². The molecule has 0 aromatic heterocycles. The smallest absolute Gasteiger partial charge is 0.220 e. The summed E-state index contributed by atoms with van der Waals surface area (Å²) in [6.07, 6.45) is 2.83. The van der Waals surface area contributed by atoms with E-state index in [1.54, 1.807) is 18.2 Å². The molecule has 0 unspecified atom stereocenters. The maximum absolute atomic E-state index is 13.3. The van der Waals surface area contributed by atoms with Crippen molar-refractivity contribution in [3.63, 3.8) is 0 Å². The number of carbonyl (C=O) groups is 1. The molecule has 1 aromatic carbocycles. The minimum atomic E-state index is -0.234. The Morgan fingerprint density at radius 2 is 2.12 bits per heavy atom. The SMILES string of the molecule is CCC[C@@H](C)NC(=O)CCc1ccccc1F. The number of amides is 1. The third kappa shape index (κ3) is 4.98. The highest BCUT2D eigenvalue weighted by molar-refractivity contribution is 5.76. The van der Waals surface area contributed by atoms with Crippen molar-refractivity contribution in [2.24, 2.45) is 0 Å². The van der Waals surface area contributed by atoms with E-state index in [0.717, 1.165) is 12.8 Å². The third-order valence-electron chi connectivity index (χ3n) is 2.71. The van der Waals surface area contributed by atoms with E-state index in [1.165, 1.54) is 6.07 Å². The van der Waals surface area contributed by atoms with E-state index in [-0.39, 0.29) is 17.8 Å². The Kier molecular flexibility index (Phi) is 5.67. The molecular weight excluding hydrogens is 217 g/mol. The zero-order valence-corrected chi connectivity index (χ0v) is 10.5. The minimum absolute atomic E-state index is 0.00537. The van der Waals surface area contributed by atoms with Crippen molar-refractivity contribution in [2.45, 2.75) is 45.6 Å². The summed E-state index contributed by atoms with van der Waals surface area (Å²) in [5.74, 6) is -0.240. The molecule has 0 aliphatic carbocycles. The van der Waals surface area contributed by atoms with Crippen molar-refractivity contribution in [1.82, 2.24) is 5.32 Å². The molecule has 1 amide bonds. The monoisotopic (exact) mass is 237 g/mol. The van der Waals surface area contributed by atoms with E-state index in [9.17, 15) is 9.18 Å². The van der Waals surface area contributed by atoms with E-state index in [2.05, 4.69) is 12.2 Å². The lowest BCUT2D eigenvalue weighted by molar-refractivity contribution is -0.121. The number of hydrogen-bond acceptors (Lipinski definition) is 1. The Labute approximate surface area is 102 Å². The fraction of sp³-hybridized carbons (Fsp3) is 0.500. The molecule has 1 aromatic rings. The van der Waals surface area contributed by atoms with Crippen LogP contribution in [0.2, 0.25) is 0 Å². The summed E-state index contributed by atoms with van der Waals surface area (Å²) in [6, 6.07) is 6.79. The summed E-state index contributed by atoms with van der Waals surface area (Å²) < 4.78 is 13.3. The molecule has 0 heterocycles. The molecule has 1 atom stereocenters. The highest BCUT2D eigenvalue weighted by Gasteiger charge is 2.08. The second kappa shape index (κ2) is 7.05. The number of aryl methyl sites for hydroxylation is 1. The van der Waals surface area contributed by atoms with Gasteiger partial charge in [-0.3, -0.25) is 4.79 Å². The van der Waals surface area contributed by atoms with Crippen LogP contribution in [-0.2, 0) is 11.2 Å². The summed E-state index contributed by atoms with van der Waals surface area (Å²) in [5, 5.41) is 2.91. The summed E-state index contributed by atoms with van der Waals surface area (Å²) in [5.41, 5.74) is 0.603. The maximum atomic E-state index is 13.3. The van der Waals surface area contributed by atoms with Gasteiger partial charge < -0.3 is 5.32 Å². The van der Waals surface area contributed by atoms with Gasteiger partial charge in [0, 0.05) is 12.5 Å². The van der Waals surface area contributed by atoms with E-state index >= 15 is 0 Å². The van der Waals surface area contributed by atoms with Crippen molar-refractivity contribution in [2.75, 3.05) is 0 Å². The molecule has 94 valence electrons. The van der Waals surface area contributed by atoms with Gasteiger partial charge in [-0.2, -0.15) is 0 Å². The number of nitrogens with one attached hydrogen (secondary N) is 1. The summed E-state index contributed by atoms with van der Waals surface area (Å²) >= 11 is 0. The fourth-order valence-electron chi connectivity index (χ4n) is 1.80. The Balaban J connectivity index is 2.36. The van der Waals surface area contributed by atoms with Gasteiger partial charge in [-0.1, -0.05) is 31.5 Å². The average molecular weight is 237 g/mol. The Hall–Kier alpha value is -1.38. The van der Waals surface area contributed by atoms with Gasteiger partial charge in [0.15, 0.2) is 0 Å². The largest absolute Gasteiger partial charge is 0.354 e.